The van der Waals surface area contributed by atoms with Crippen molar-refractivity contribution in [2.75, 3.05) is 11.9 Å². The summed E-state index contributed by atoms with van der Waals surface area (Å²) in [6.07, 6.45) is -1.17. The summed E-state index contributed by atoms with van der Waals surface area (Å²) in [5.74, 6) is -2.20. The number of carbonyl (C=O) groups is 1. The van der Waals surface area contributed by atoms with Crippen LogP contribution in [0.3, 0.4) is 0 Å². The van der Waals surface area contributed by atoms with Crippen molar-refractivity contribution in [1.82, 2.24) is 9.97 Å². The smallest absolute Gasteiger partial charge is 0.275 e. The maximum Gasteiger partial charge on any atom is 0.275 e. The first-order chi connectivity index (χ1) is 15.4. The van der Waals surface area contributed by atoms with Gasteiger partial charge in [0, 0.05) is 23.6 Å². The second-order valence-corrected chi connectivity index (χ2v) is 8.05. The van der Waals surface area contributed by atoms with Gasteiger partial charge in [0.1, 0.15) is 34.5 Å². The lowest BCUT2D eigenvalue weighted by molar-refractivity contribution is -0.181. The lowest BCUT2D eigenvalue weighted by Crippen LogP contribution is -2.47. The molecule has 1 saturated heterocycles. The molecule has 0 aliphatic carbocycles. The third kappa shape index (κ3) is 4.38. The molecule has 4 atom stereocenters. The third-order valence-corrected chi connectivity index (χ3v) is 5.97. The summed E-state index contributed by atoms with van der Waals surface area (Å²) in [4.78, 5) is 20.8. The number of aliphatic hydroxyl groups is 3. The first-order valence-corrected chi connectivity index (χ1v) is 10.5. The molecule has 8 nitrogen and oxygen atoms in total. The molecule has 11 heteroatoms. The number of hydrogen-bond acceptors (Lipinski definition) is 8. The number of carbonyl (C=O) groups excluding carboxylic acids is 1. The molecule has 4 N–H and O–H groups in total. The van der Waals surface area contributed by atoms with Crippen LogP contribution in [0.1, 0.15) is 28.6 Å². The maximum atomic E-state index is 14.0. The molecular weight excluding hydrogens is 444 g/mol. The summed E-state index contributed by atoms with van der Waals surface area (Å²) in [5.41, 5.74) is 0.398. The highest BCUT2D eigenvalue weighted by atomic mass is 32.1. The Kier molecular flexibility index (Phi) is 6.53. The number of anilines is 1. The molecule has 4 rings (SSSR count). The Morgan fingerprint density at radius 1 is 1.25 bits per heavy atom. The molecule has 3 aromatic rings. The van der Waals surface area contributed by atoms with Crippen molar-refractivity contribution in [3.8, 4) is 10.6 Å². The molecule has 1 aliphatic rings. The minimum Gasteiger partial charge on any atom is -0.394 e. The first-order valence-electron chi connectivity index (χ1n) is 9.66. The molecule has 168 valence electrons. The van der Waals surface area contributed by atoms with Gasteiger partial charge < -0.3 is 25.4 Å². The molecule has 0 bridgehead atoms. The number of nitrogens with one attached hydrogen (secondary N) is 1. The standard InChI is InChI=1S/C21H19F2N3O5S/c22-11-2-1-3-12(23)18(11)21-26-14(9-32-21)20(30)25-13-7-24-5-4-10(13)16-6-15(28)19(29)17(8-27)31-16/h1-5,7,9,15-17,19,27-29H,6,8H2,(H,25,30). The van der Waals surface area contributed by atoms with Crippen LogP contribution in [-0.2, 0) is 4.74 Å². The zero-order valence-corrected chi connectivity index (χ0v) is 17.3. The SMILES string of the molecule is O=C(Nc1cnccc1C1CC(O)C(O)C(CO)O1)c1csc(-c2c(F)cccc2F)n1. The normalized spacial score (nSPS) is 23.2. The number of benzene rings is 1. The zero-order valence-electron chi connectivity index (χ0n) is 16.5. The van der Waals surface area contributed by atoms with E-state index in [0.717, 1.165) is 23.5 Å². The number of nitrogens with zero attached hydrogens (tertiary/aromatic N) is 2. The molecule has 0 spiro atoms. The van der Waals surface area contributed by atoms with E-state index >= 15 is 0 Å². The lowest BCUT2D eigenvalue weighted by Gasteiger charge is -2.37. The van der Waals surface area contributed by atoms with Gasteiger partial charge in [0.25, 0.3) is 5.91 Å². The Balaban J connectivity index is 1.56. The van der Waals surface area contributed by atoms with Crippen LogP contribution >= 0.6 is 11.3 Å². The second kappa shape index (κ2) is 9.35. The van der Waals surface area contributed by atoms with Crippen LogP contribution in [0.2, 0.25) is 0 Å². The van der Waals surface area contributed by atoms with Gasteiger partial charge in [-0.25, -0.2) is 13.8 Å². The van der Waals surface area contributed by atoms with Crippen LogP contribution in [0, 0.1) is 11.6 Å². The quantitative estimate of drug-likeness (QED) is 0.458. The van der Waals surface area contributed by atoms with Gasteiger partial charge in [-0.15, -0.1) is 11.3 Å². The summed E-state index contributed by atoms with van der Waals surface area (Å²) >= 11 is 0.925. The topological polar surface area (TPSA) is 125 Å². The molecule has 3 heterocycles. The van der Waals surface area contributed by atoms with Crippen molar-refractivity contribution in [3.05, 3.63) is 64.9 Å². The van der Waals surface area contributed by atoms with Gasteiger partial charge in [-0.3, -0.25) is 9.78 Å². The van der Waals surface area contributed by atoms with E-state index in [1.54, 1.807) is 6.07 Å². The van der Waals surface area contributed by atoms with Crippen molar-refractivity contribution in [2.24, 2.45) is 0 Å². The summed E-state index contributed by atoms with van der Waals surface area (Å²) in [7, 11) is 0. The summed E-state index contributed by atoms with van der Waals surface area (Å²) in [6.45, 7) is -0.490. The van der Waals surface area contributed by atoms with E-state index in [1.165, 1.54) is 23.8 Å². The molecule has 1 amide bonds. The fraction of sp³-hybridized carbons (Fsp3) is 0.286. The number of ether oxygens (including phenoxy) is 1. The highest BCUT2D eigenvalue weighted by molar-refractivity contribution is 7.13. The molecular formula is C21H19F2N3O5S. The monoisotopic (exact) mass is 463 g/mol. The van der Waals surface area contributed by atoms with Gasteiger partial charge in [0.05, 0.1) is 36.3 Å². The van der Waals surface area contributed by atoms with E-state index in [4.69, 9.17) is 4.74 Å². The Labute approximate surface area is 185 Å². The number of hydrogen-bond donors (Lipinski definition) is 4. The Hall–Kier alpha value is -2.83. The van der Waals surface area contributed by atoms with Gasteiger partial charge in [-0.05, 0) is 18.2 Å². The van der Waals surface area contributed by atoms with Crippen molar-refractivity contribution in [1.29, 1.82) is 0 Å². The van der Waals surface area contributed by atoms with E-state index in [9.17, 15) is 28.9 Å². The molecule has 0 radical (unpaired) electrons. The Morgan fingerprint density at radius 2 is 2.00 bits per heavy atom. The van der Waals surface area contributed by atoms with E-state index in [1.807, 2.05) is 0 Å². The first kappa shape index (κ1) is 22.4. The number of pyridine rings is 1. The van der Waals surface area contributed by atoms with Crippen LogP contribution in [0.4, 0.5) is 14.5 Å². The molecule has 1 aliphatic heterocycles. The van der Waals surface area contributed by atoms with Gasteiger partial charge in [-0.2, -0.15) is 0 Å². The predicted octanol–water partition coefficient (Wildman–Crippen LogP) is 2.28. The molecule has 0 saturated carbocycles. The van der Waals surface area contributed by atoms with Crippen molar-refractivity contribution < 1.29 is 33.6 Å². The predicted molar refractivity (Wildman–Crippen MR) is 111 cm³/mol. The minimum atomic E-state index is -1.23. The third-order valence-electron chi connectivity index (χ3n) is 5.11. The van der Waals surface area contributed by atoms with Gasteiger partial charge >= 0.3 is 0 Å². The van der Waals surface area contributed by atoms with E-state index < -0.39 is 48.6 Å². The average molecular weight is 463 g/mol. The van der Waals surface area contributed by atoms with Gasteiger partial charge in [0.2, 0.25) is 0 Å². The van der Waals surface area contributed by atoms with Crippen LogP contribution in [-0.4, -0.2) is 56.1 Å². The van der Waals surface area contributed by atoms with E-state index in [2.05, 4.69) is 15.3 Å². The van der Waals surface area contributed by atoms with Crippen molar-refractivity contribution in [3.63, 3.8) is 0 Å². The van der Waals surface area contributed by atoms with E-state index in [-0.39, 0.29) is 28.4 Å². The molecule has 1 fully saturated rings. The van der Waals surface area contributed by atoms with Crippen molar-refractivity contribution in [2.45, 2.75) is 30.8 Å². The highest BCUT2D eigenvalue weighted by Crippen LogP contribution is 2.35. The minimum absolute atomic E-state index is 0.0238. The second-order valence-electron chi connectivity index (χ2n) is 7.19. The summed E-state index contributed by atoms with van der Waals surface area (Å²) in [5, 5.41) is 33.5. The largest absolute Gasteiger partial charge is 0.394 e. The van der Waals surface area contributed by atoms with Crippen LogP contribution in [0.25, 0.3) is 10.6 Å². The van der Waals surface area contributed by atoms with Crippen LogP contribution in [0.5, 0.6) is 0 Å². The summed E-state index contributed by atoms with van der Waals surface area (Å²) in [6, 6.07) is 5.04. The van der Waals surface area contributed by atoms with E-state index in [0.29, 0.717) is 5.56 Å². The fourth-order valence-corrected chi connectivity index (χ4v) is 4.32. The number of halogens is 2. The van der Waals surface area contributed by atoms with Gasteiger partial charge in [0.15, 0.2) is 0 Å². The molecule has 2 aromatic heterocycles. The van der Waals surface area contributed by atoms with Crippen LogP contribution < -0.4 is 5.32 Å². The lowest BCUT2D eigenvalue weighted by atomic mass is 9.94. The Morgan fingerprint density at radius 3 is 2.72 bits per heavy atom. The fourth-order valence-electron chi connectivity index (χ4n) is 3.48. The number of rotatable bonds is 5. The number of amides is 1. The van der Waals surface area contributed by atoms with Gasteiger partial charge in [-0.1, -0.05) is 6.07 Å². The molecule has 4 unspecified atom stereocenters. The maximum absolute atomic E-state index is 14.0. The number of aliphatic hydroxyl groups excluding tert-OH is 3. The van der Waals surface area contributed by atoms with Crippen molar-refractivity contribution >= 4 is 22.9 Å². The highest BCUT2D eigenvalue weighted by Gasteiger charge is 2.37. The summed E-state index contributed by atoms with van der Waals surface area (Å²) < 4.78 is 33.7. The molecule has 1 aromatic carbocycles. The Bertz CT molecular complexity index is 1110. The molecule has 32 heavy (non-hydrogen) atoms. The zero-order chi connectivity index (χ0) is 22.8. The number of aromatic nitrogens is 2. The average Bonchev–Trinajstić information content (AvgIpc) is 3.26. The number of thiazole rings is 1. The van der Waals surface area contributed by atoms with Crippen LogP contribution in [0.15, 0.2) is 42.0 Å².